The van der Waals surface area contributed by atoms with E-state index in [-0.39, 0.29) is 0 Å². The first kappa shape index (κ1) is 14.8. The molecule has 0 saturated carbocycles. The van der Waals surface area contributed by atoms with Crippen molar-refractivity contribution in [3.63, 3.8) is 0 Å². The van der Waals surface area contributed by atoms with Crippen molar-refractivity contribution >= 4 is 11.4 Å². The highest BCUT2D eigenvalue weighted by Gasteiger charge is 2.16. The maximum atomic E-state index is 6.07. The molecule has 1 heterocycles. The second-order valence-corrected chi connectivity index (χ2v) is 5.35. The van der Waals surface area contributed by atoms with Gasteiger partial charge in [0, 0.05) is 24.7 Å². The Kier molecular flexibility index (Phi) is 4.95. The lowest BCUT2D eigenvalue weighted by Crippen LogP contribution is -2.33. The van der Waals surface area contributed by atoms with Gasteiger partial charge in [0.25, 0.3) is 0 Å². The van der Waals surface area contributed by atoms with Gasteiger partial charge in [-0.25, -0.2) is 0 Å². The summed E-state index contributed by atoms with van der Waals surface area (Å²) in [5.41, 5.74) is 7.64. The highest BCUT2D eigenvalue weighted by Crippen LogP contribution is 2.35. The van der Waals surface area contributed by atoms with E-state index in [4.69, 9.17) is 15.2 Å². The Morgan fingerprint density at radius 3 is 2.40 bits per heavy atom. The van der Waals surface area contributed by atoms with Crippen LogP contribution in [0.2, 0.25) is 0 Å². The summed E-state index contributed by atoms with van der Waals surface area (Å²) < 4.78 is 10.6. The lowest BCUT2D eigenvalue weighted by molar-refractivity contribution is 0.327. The third kappa shape index (κ3) is 3.48. The monoisotopic (exact) mass is 279 g/mol. The van der Waals surface area contributed by atoms with Gasteiger partial charge in [0.05, 0.1) is 25.6 Å². The Morgan fingerprint density at radius 1 is 1.20 bits per heavy atom. The number of anilines is 2. The summed E-state index contributed by atoms with van der Waals surface area (Å²) in [4.78, 5) is 2.48. The highest BCUT2D eigenvalue weighted by molar-refractivity contribution is 5.72. The van der Waals surface area contributed by atoms with E-state index in [1.165, 1.54) is 25.9 Å². The summed E-state index contributed by atoms with van der Waals surface area (Å²) in [6.45, 7) is 5.61. The van der Waals surface area contributed by atoms with Crippen molar-refractivity contribution in [2.75, 3.05) is 44.9 Å². The van der Waals surface area contributed by atoms with Gasteiger partial charge < -0.3 is 25.4 Å². The summed E-state index contributed by atoms with van der Waals surface area (Å²) in [6, 6.07) is 4.03. The quantitative estimate of drug-likeness (QED) is 0.782. The van der Waals surface area contributed by atoms with E-state index < -0.39 is 0 Å². The molecule has 0 aromatic heterocycles. The molecule has 2 rings (SSSR count). The van der Waals surface area contributed by atoms with Crippen molar-refractivity contribution in [2.24, 2.45) is 0 Å². The molecule has 0 aliphatic carbocycles. The van der Waals surface area contributed by atoms with Crippen molar-refractivity contribution in [1.29, 1.82) is 0 Å². The van der Waals surface area contributed by atoms with Gasteiger partial charge in [-0.3, -0.25) is 0 Å². The van der Waals surface area contributed by atoms with Crippen LogP contribution < -0.4 is 20.5 Å². The minimum atomic E-state index is 0.341. The molecule has 0 radical (unpaired) electrons. The van der Waals surface area contributed by atoms with Crippen molar-refractivity contribution in [3.05, 3.63) is 12.1 Å². The Labute approximate surface area is 121 Å². The van der Waals surface area contributed by atoms with Gasteiger partial charge in [-0.2, -0.15) is 0 Å². The van der Waals surface area contributed by atoms with Crippen LogP contribution in [0.25, 0.3) is 0 Å². The molecule has 5 nitrogen and oxygen atoms in total. The largest absolute Gasteiger partial charge is 0.493 e. The van der Waals surface area contributed by atoms with Crippen LogP contribution >= 0.6 is 0 Å². The maximum absolute atomic E-state index is 6.07. The lowest BCUT2D eigenvalue weighted by atomic mass is 10.2. The molecule has 1 aliphatic heterocycles. The third-order valence-electron chi connectivity index (χ3n) is 3.69. The van der Waals surface area contributed by atoms with Crippen LogP contribution in [0.15, 0.2) is 12.1 Å². The standard InChI is InChI=1S/C15H25N3O2/c1-11(10-18-6-4-5-7-18)17-13-9-15(20-3)14(19-2)8-12(13)16/h8-9,11,17H,4-7,10,16H2,1-3H3. The molecule has 5 heteroatoms. The predicted octanol–water partition coefficient (Wildman–Crippen LogP) is 2.18. The number of methoxy groups -OCH3 is 2. The van der Waals surface area contributed by atoms with Crippen molar-refractivity contribution in [1.82, 2.24) is 4.90 Å². The van der Waals surface area contributed by atoms with Crippen LogP contribution in [-0.4, -0.2) is 44.8 Å². The molecule has 1 fully saturated rings. The summed E-state index contributed by atoms with van der Waals surface area (Å²) in [6.07, 6.45) is 2.62. The fraction of sp³-hybridized carbons (Fsp3) is 0.600. The van der Waals surface area contributed by atoms with Gasteiger partial charge in [0.2, 0.25) is 0 Å². The van der Waals surface area contributed by atoms with Gasteiger partial charge in [-0.15, -0.1) is 0 Å². The predicted molar refractivity (Wildman–Crippen MR) is 82.7 cm³/mol. The Balaban J connectivity index is 2.03. The van der Waals surface area contributed by atoms with E-state index in [0.29, 0.717) is 23.2 Å². The van der Waals surface area contributed by atoms with Gasteiger partial charge >= 0.3 is 0 Å². The zero-order valence-electron chi connectivity index (χ0n) is 12.6. The van der Waals surface area contributed by atoms with E-state index in [2.05, 4.69) is 17.1 Å². The molecule has 0 spiro atoms. The number of likely N-dealkylation sites (tertiary alicyclic amines) is 1. The van der Waals surface area contributed by atoms with Crippen molar-refractivity contribution < 1.29 is 9.47 Å². The van der Waals surface area contributed by atoms with Crippen molar-refractivity contribution in [2.45, 2.75) is 25.8 Å². The molecule has 0 bridgehead atoms. The second-order valence-electron chi connectivity index (χ2n) is 5.35. The van der Waals surface area contributed by atoms with Crippen LogP contribution in [0.3, 0.4) is 0 Å². The zero-order chi connectivity index (χ0) is 14.5. The summed E-state index contributed by atoms with van der Waals surface area (Å²) in [5.74, 6) is 1.35. The van der Waals surface area contributed by atoms with Crippen LogP contribution in [0.4, 0.5) is 11.4 Å². The molecular formula is C15H25N3O2. The number of hydrogen-bond donors (Lipinski definition) is 2. The molecule has 1 aliphatic rings. The highest BCUT2D eigenvalue weighted by atomic mass is 16.5. The molecule has 112 valence electrons. The number of nitrogen functional groups attached to an aromatic ring is 1. The smallest absolute Gasteiger partial charge is 0.162 e. The van der Waals surface area contributed by atoms with Crippen molar-refractivity contribution in [3.8, 4) is 11.5 Å². The van der Waals surface area contributed by atoms with Gasteiger partial charge in [0.1, 0.15) is 0 Å². The second kappa shape index (κ2) is 6.70. The molecular weight excluding hydrogens is 254 g/mol. The summed E-state index contributed by atoms with van der Waals surface area (Å²) in [7, 11) is 3.24. The Hall–Kier alpha value is -1.62. The average molecular weight is 279 g/mol. The first-order chi connectivity index (χ1) is 9.63. The van der Waals surface area contributed by atoms with E-state index in [0.717, 1.165) is 12.2 Å². The summed E-state index contributed by atoms with van der Waals surface area (Å²) in [5, 5.41) is 3.46. The lowest BCUT2D eigenvalue weighted by Gasteiger charge is -2.23. The molecule has 1 saturated heterocycles. The topological polar surface area (TPSA) is 59.8 Å². The molecule has 1 atom stereocenters. The molecule has 1 aromatic rings. The van der Waals surface area contributed by atoms with Gasteiger partial charge in [0.15, 0.2) is 11.5 Å². The minimum absolute atomic E-state index is 0.341. The summed E-state index contributed by atoms with van der Waals surface area (Å²) >= 11 is 0. The number of benzene rings is 1. The molecule has 20 heavy (non-hydrogen) atoms. The van der Waals surface area contributed by atoms with E-state index >= 15 is 0 Å². The average Bonchev–Trinajstić information content (AvgIpc) is 2.93. The number of nitrogens with zero attached hydrogens (tertiary/aromatic N) is 1. The minimum Gasteiger partial charge on any atom is -0.493 e. The maximum Gasteiger partial charge on any atom is 0.162 e. The van der Waals surface area contributed by atoms with Crippen LogP contribution in [0.1, 0.15) is 19.8 Å². The van der Waals surface area contributed by atoms with E-state index in [9.17, 15) is 0 Å². The van der Waals surface area contributed by atoms with Crippen LogP contribution in [0.5, 0.6) is 11.5 Å². The Morgan fingerprint density at radius 2 is 1.80 bits per heavy atom. The van der Waals surface area contributed by atoms with Crippen LogP contribution in [-0.2, 0) is 0 Å². The molecule has 1 aromatic carbocycles. The molecule has 3 N–H and O–H groups in total. The number of nitrogens with one attached hydrogen (secondary N) is 1. The van der Waals surface area contributed by atoms with E-state index in [1.807, 2.05) is 6.07 Å². The SMILES string of the molecule is COc1cc(N)c(NC(C)CN2CCCC2)cc1OC. The number of ether oxygens (including phenoxy) is 2. The Bertz CT molecular complexity index is 445. The first-order valence-electron chi connectivity index (χ1n) is 7.14. The number of rotatable bonds is 6. The van der Waals surface area contributed by atoms with Crippen LogP contribution in [0, 0.1) is 0 Å². The third-order valence-corrected chi connectivity index (χ3v) is 3.69. The molecule has 0 amide bonds. The molecule has 1 unspecified atom stereocenters. The normalized spacial score (nSPS) is 16.9. The first-order valence-corrected chi connectivity index (χ1v) is 7.14. The fourth-order valence-corrected chi connectivity index (χ4v) is 2.68. The van der Waals surface area contributed by atoms with Gasteiger partial charge in [-0.1, -0.05) is 0 Å². The number of hydrogen-bond acceptors (Lipinski definition) is 5. The van der Waals surface area contributed by atoms with E-state index in [1.54, 1.807) is 20.3 Å². The fourth-order valence-electron chi connectivity index (χ4n) is 2.68. The van der Waals surface area contributed by atoms with Gasteiger partial charge in [-0.05, 0) is 32.9 Å². The number of nitrogens with two attached hydrogens (primary N) is 1. The zero-order valence-corrected chi connectivity index (χ0v) is 12.6.